The Morgan fingerprint density at radius 3 is 0.829 bits per heavy atom. The Balaban J connectivity index is 1.12. The van der Waals surface area contributed by atoms with Crippen LogP contribution < -0.4 is 0 Å². The second kappa shape index (κ2) is 17.6. The van der Waals surface area contributed by atoms with E-state index >= 15 is 0 Å². The van der Waals surface area contributed by atoms with E-state index in [0.717, 1.165) is 66.7 Å². The van der Waals surface area contributed by atoms with Gasteiger partial charge in [-0.15, -0.1) is 0 Å². The Hall–Kier alpha value is -8.42. The quantitative estimate of drug-likeness (QED) is 0.151. The van der Waals surface area contributed by atoms with Gasteiger partial charge < -0.3 is 4.57 Å². The van der Waals surface area contributed by atoms with Crippen molar-refractivity contribution in [3.63, 3.8) is 0 Å². The zero-order valence-electron chi connectivity index (χ0n) is 40.6. The summed E-state index contributed by atoms with van der Waals surface area (Å²) in [5, 5.41) is 2.42. The lowest BCUT2D eigenvalue weighted by molar-refractivity contribution is 0.590. The van der Waals surface area contributed by atoms with E-state index in [1.807, 2.05) is 121 Å². The van der Waals surface area contributed by atoms with Crippen molar-refractivity contribution in [2.75, 3.05) is 0 Å². The first kappa shape index (κ1) is 44.1. The van der Waals surface area contributed by atoms with Crippen LogP contribution in [0.15, 0.2) is 194 Å². The van der Waals surface area contributed by atoms with Gasteiger partial charge in [-0.3, -0.25) is 0 Å². The van der Waals surface area contributed by atoms with Crippen LogP contribution in [-0.2, 0) is 17.9 Å². The van der Waals surface area contributed by atoms with E-state index in [1.165, 1.54) is 21.9 Å². The Bertz CT molecular complexity index is 3360. The third kappa shape index (κ3) is 8.45. The standard InChI is InChI=1S/C63H53N7/c1-62(2,3)48-36-50(44-30-20-32-46(34-44)60-66-56(40-22-12-8-13-23-40)64-57(67-60)41-24-14-9-15-25-41)54-52(38-48)53-39-49(63(4,5)6)37-51(55(53)70(54)7)45-31-21-33-47(35-45)61-68-58(42-26-16-10-17-27-42)65-59(69-61)43-28-18-11-19-29-43/h8-39H,1-7H3. The second-order valence-corrected chi connectivity index (χ2v) is 20.1. The van der Waals surface area contributed by atoms with Crippen LogP contribution in [0.3, 0.4) is 0 Å². The fourth-order valence-electron chi connectivity index (χ4n) is 9.35. The molecule has 340 valence electrons. The summed E-state index contributed by atoms with van der Waals surface area (Å²) < 4.78 is 2.40. The monoisotopic (exact) mass is 907 g/mol. The maximum Gasteiger partial charge on any atom is 0.164 e. The molecule has 0 spiro atoms. The predicted octanol–water partition coefficient (Wildman–Crippen LogP) is 15.6. The van der Waals surface area contributed by atoms with Crippen molar-refractivity contribution in [2.24, 2.45) is 7.05 Å². The van der Waals surface area contributed by atoms with E-state index in [0.29, 0.717) is 34.9 Å². The van der Waals surface area contributed by atoms with Crippen molar-refractivity contribution in [1.29, 1.82) is 0 Å². The molecule has 0 N–H and O–H groups in total. The molecule has 0 saturated heterocycles. The SMILES string of the molecule is Cn1c2c(-c3cccc(-c4nc(-c5ccccc5)nc(-c5ccccc5)n4)c3)cc(C(C)(C)C)cc2c2cc(C(C)(C)C)cc(-c3cccc(-c4nc(-c5ccccc5)nc(-c5ccccc5)n4)c3)c21. The number of aromatic nitrogens is 7. The van der Waals surface area contributed by atoms with Gasteiger partial charge in [0.1, 0.15) is 0 Å². The lowest BCUT2D eigenvalue weighted by Crippen LogP contribution is -2.11. The summed E-state index contributed by atoms with van der Waals surface area (Å²) in [6, 6.07) is 67.5. The van der Waals surface area contributed by atoms with Gasteiger partial charge in [0.15, 0.2) is 34.9 Å². The molecule has 70 heavy (non-hydrogen) atoms. The third-order valence-electron chi connectivity index (χ3n) is 13.2. The van der Waals surface area contributed by atoms with Crippen LogP contribution in [-0.4, -0.2) is 34.5 Å². The fourth-order valence-corrected chi connectivity index (χ4v) is 9.35. The van der Waals surface area contributed by atoms with Gasteiger partial charge in [-0.2, -0.15) is 0 Å². The van der Waals surface area contributed by atoms with Crippen molar-refractivity contribution in [1.82, 2.24) is 34.5 Å². The van der Waals surface area contributed by atoms with Crippen LogP contribution in [0.5, 0.6) is 0 Å². The molecule has 0 atom stereocenters. The molecule has 0 fully saturated rings. The average Bonchev–Trinajstić information content (AvgIpc) is 3.69. The molecule has 0 unspecified atom stereocenters. The first-order valence-corrected chi connectivity index (χ1v) is 23.9. The number of aryl methyl sites for hydroxylation is 1. The van der Waals surface area contributed by atoms with E-state index in [4.69, 9.17) is 29.9 Å². The Morgan fingerprint density at radius 2 is 0.543 bits per heavy atom. The minimum atomic E-state index is -0.132. The van der Waals surface area contributed by atoms with Crippen LogP contribution >= 0.6 is 0 Å². The highest BCUT2D eigenvalue weighted by Gasteiger charge is 2.26. The molecule has 0 radical (unpaired) electrons. The van der Waals surface area contributed by atoms with Crippen LogP contribution in [0, 0.1) is 0 Å². The van der Waals surface area contributed by atoms with Crippen molar-refractivity contribution in [2.45, 2.75) is 52.4 Å². The van der Waals surface area contributed by atoms with E-state index in [2.05, 4.69) is 126 Å². The van der Waals surface area contributed by atoms with Crippen molar-refractivity contribution in [3.8, 4) is 90.6 Å². The van der Waals surface area contributed by atoms with Crippen LogP contribution in [0.1, 0.15) is 52.7 Å². The largest absolute Gasteiger partial charge is 0.343 e. The van der Waals surface area contributed by atoms with Gasteiger partial charge in [0.05, 0.1) is 11.0 Å². The molecular formula is C63H53N7. The summed E-state index contributed by atoms with van der Waals surface area (Å²) >= 11 is 0. The highest BCUT2D eigenvalue weighted by Crippen LogP contribution is 2.45. The molecule has 0 aliphatic heterocycles. The Kier molecular flexibility index (Phi) is 11.1. The summed E-state index contributed by atoms with van der Waals surface area (Å²) in [4.78, 5) is 30.4. The minimum Gasteiger partial charge on any atom is -0.343 e. The van der Waals surface area contributed by atoms with Crippen molar-refractivity contribution in [3.05, 3.63) is 205 Å². The molecule has 8 aromatic carbocycles. The van der Waals surface area contributed by atoms with Crippen molar-refractivity contribution >= 4 is 21.8 Å². The average molecular weight is 908 g/mol. The third-order valence-corrected chi connectivity index (χ3v) is 13.2. The molecule has 0 bridgehead atoms. The van der Waals surface area contributed by atoms with E-state index in [1.54, 1.807) is 0 Å². The maximum atomic E-state index is 5.11. The highest BCUT2D eigenvalue weighted by molar-refractivity contribution is 6.17. The Morgan fingerprint density at radius 1 is 0.286 bits per heavy atom. The summed E-state index contributed by atoms with van der Waals surface area (Å²) in [6.07, 6.45) is 0. The number of hydrogen-bond donors (Lipinski definition) is 0. The van der Waals surface area contributed by atoms with Gasteiger partial charge >= 0.3 is 0 Å². The zero-order chi connectivity index (χ0) is 48.1. The van der Waals surface area contributed by atoms with Gasteiger partial charge in [0.2, 0.25) is 0 Å². The summed E-state index contributed by atoms with van der Waals surface area (Å²) in [6.45, 7) is 13.8. The fraction of sp³-hybridized carbons (Fsp3) is 0.143. The molecule has 7 nitrogen and oxygen atoms in total. The molecular weight excluding hydrogens is 855 g/mol. The number of benzene rings is 8. The van der Waals surface area contributed by atoms with E-state index in [-0.39, 0.29) is 10.8 Å². The normalized spacial score (nSPS) is 11.9. The van der Waals surface area contributed by atoms with Crippen LogP contribution in [0.2, 0.25) is 0 Å². The molecule has 0 aliphatic carbocycles. The van der Waals surface area contributed by atoms with Gasteiger partial charge in [-0.05, 0) is 69.5 Å². The van der Waals surface area contributed by atoms with Crippen LogP contribution in [0.4, 0.5) is 0 Å². The summed E-state index contributed by atoms with van der Waals surface area (Å²) in [5.74, 6) is 3.78. The van der Waals surface area contributed by atoms with E-state index < -0.39 is 0 Å². The number of rotatable bonds is 8. The molecule has 3 heterocycles. The minimum absolute atomic E-state index is 0.132. The molecule has 11 rings (SSSR count). The van der Waals surface area contributed by atoms with Gasteiger partial charge in [0.25, 0.3) is 0 Å². The molecule has 0 amide bonds. The van der Waals surface area contributed by atoms with Crippen molar-refractivity contribution < 1.29 is 0 Å². The summed E-state index contributed by atoms with van der Waals surface area (Å²) in [7, 11) is 2.22. The molecule has 0 saturated carbocycles. The summed E-state index contributed by atoms with van der Waals surface area (Å²) in [5.41, 5.74) is 14.6. The number of hydrogen-bond acceptors (Lipinski definition) is 6. The first-order chi connectivity index (χ1) is 33.9. The van der Waals surface area contributed by atoms with Gasteiger partial charge in [-0.1, -0.05) is 199 Å². The lowest BCUT2D eigenvalue weighted by atomic mass is 9.82. The number of nitrogens with zero attached hydrogens (tertiary/aromatic N) is 7. The topological polar surface area (TPSA) is 82.3 Å². The van der Waals surface area contributed by atoms with Gasteiger partial charge in [-0.25, -0.2) is 29.9 Å². The predicted molar refractivity (Wildman–Crippen MR) is 288 cm³/mol. The first-order valence-electron chi connectivity index (χ1n) is 23.9. The molecule has 3 aromatic heterocycles. The lowest BCUT2D eigenvalue weighted by Gasteiger charge is -2.22. The Labute approximate surface area is 409 Å². The molecule has 11 aromatic rings. The second-order valence-electron chi connectivity index (χ2n) is 20.1. The van der Waals surface area contributed by atoms with Gasteiger partial charge in [0, 0.05) is 62.3 Å². The number of fused-ring (bicyclic) bond motifs is 3. The smallest absolute Gasteiger partial charge is 0.164 e. The maximum absolute atomic E-state index is 5.11. The molecule has 7 heteroatoms. The highest BCUT2D eigenvalue weighted by atomic mass is 15.0. The van der Waals surface area contributed by atoms with Crippen LogP contribution in [0.25, 0.3) is 112 Å². The van der Waals surface area contributed by atoms with E-state index in [9.17, 15) is 0 Å². The zero-order valence-corrected chi connectivity index (χ0v) is 40.6. The molecule has 0 aliphatic rings.